The fourth-order valence-corrected chi connectivity index (χ4v) is 4.41. The molecule has 3 fully saturated rings. The molecule has 0 bridgehead atoms. The molecule has 26 heavy (non-hydrogen) atoms. The Hall–Kier alpha value is -2.08. The van der Waals surface area contributed by atoms with E-state index in [1.165, 1.54) is 5.69 Å². The van der Waals surface area contributed by atoms with Crippen LogP contribution in [0.5, 0.6) is 0 Å². The molecule has 3 heterocycles. The van der Waals surface area contributed by atoms with Crippen LogP contribution in [0.2, 0.25) is 0 Å². The van der Waals surface area contributed by atoms with Crippen LogP contribution in [0.4, 0.5) is 5.69 Å². The molecule has 0 N–H and O–H groups in total. The number of fused-ring (bicyclic) bond motifs is 1. The van der Waals surface area contributed by atoms with E-state index >= 15 is 0 Å². The van der Waals surface area contributed by atoms with Gasteiger partial charge in [0.1, 0.15) is 6.04 Å². The summed E-state index contributed by atoms with van der Waals surface area (Å²) in [4.78, 5) is 33.2. The quantitative estimate of drug-likeness (QED) is 0.791. The largest absolute Gasteiger partial charge is 0.369 e. The Labute approximate surface area is 155 Å². The minimum atomic E-state index is -0.175. The fourth-order valence-electron chi connectivity index (χ4n) is 4.41. The maximum Gasteiger partial charge on any atom is 0.245 e. The highest BCUT2D eigenvalue weighted by Gasteiger charge is 2.41. The molecule has 3 aliphatic rings. The summed E-state index contributed by atoms with van der Waals surface area (Å²) in [6, 6.07) is 10.4. The molecule has 2 amide bonds. The standard InChI is InChI=1S/C20H28N4O2/c25-19-16-23(20(26)18-8-4-11-24(18)19)10-5-9-21-12-14-22(15-13-21)17-6-2-1-3-7-17/h1-3,6-7,18H,4-5,8-16H2. The van der Waals surface area contributed by atoms with E-state index in [0.29, 0.717) is 6.54 Å². The van der Waals surface area contributed by atoms with Crippen molar-refractivity contribution in [3.63, 3.8) is 0 Å². The zero-order valence-corrected chi connectivity index (χ0v) is 15.3. The van der Waals surface area contributed by atoms with Crippen LogP contribution < -0.4 is 4.90 Å². The van der Waals surface area contributed by atoms with Gasteiger partial charge in [0.15, 0.2) is 0 Å². The number of hydrogen-bond acceptors (Lipinski definition) is 4. The minimum absolute atomic E-state index is 0.128. The third-order valence-electron chi connectivity index (χ3n) is 5.89. The lowest BCUT2D eigenvalue weighted by molar-refractivity contribution is -0.153. The molecule has 140 valence electrons. The van der Waals surface area contributed by atoms with Crippen molar-refractivity contribution in [1.82, 2.24) is 14.7 Å². The van der Waals surface area contributed by atoms with Gasteiger partial charge in [-0.15, -0.1) is 0 Å². The number of para-hydroxylation sites is 1. The molecule has 0 aromatic heterocycles. The van der Waals surface area contributed by atoms with Crippen molar-refractivity contribution in [3.8, 4) is 0 Å². The molecule has 1 unspecified atom stereocenters. The van der Waals surface area contributed by atoms with Crippen LogP contribution in [0.1, 0.15) is 19.3 Å². The van der Waals surface area contributed by atoms with Crippen molar-refractivity contribution < 1.29 is 9.59 Å². The number of carbonyl (C=O) groups excluding carboxylic acids is 2. The second-order valence-corrected chi connectivity index (χ2v) is 7.52. The maximum atomic E-state index is 12.5. The SMILES string of the molecule is O=C1C2CCCN2C(=O)CN1CCCN1CCN(c2ccccc2)CC1. The molecule has 0 saturated carbocycles. The third kappa shape index (κ3) is 3.56. The lowest BCUT2D eigenvalue weighted by Gasteiger charge is -2.38. The summed E-state index contributed by atoms with van der Waals surface area (Å²) < 4.78 is 0. The lowest BCUT2D eigenvalue weighted by Crippen LogP contribution is -2.57. The summed E-state index contributed by atoms with van der Waals surface area (Å²) in [5.41, 5.74) is 1.30. The van der Waals surface area contributed by atoms with Gasteiger partial charge in [-0.3, -0.25) is 14.5 Å². The summed E-state index contributed by atoms with van der Waals surface area (Å²) in [5, 5.41) is 0. The molecule has 1 aromatic rings. The number of amides is 2. The van der Waals surface area contributed by atoms with Gasteiger partial charge in [0.25, 0.3) is 0 Å². The molecule has 1 aromatic carbocycles. The molecule has 0 aliphatic carbocycles. The second kappa shape index (κ2) is 7.66. The molecule has 3 aliphatic heterocycles. The van der Waals surface area contributed by atoms with Crippen LogP contribution in [-0.4, -0.2) is 84.9 Å². The lowest BCUT2D eigenvalue weighted by atomic mass is 10.1. The van der Waals surface area contributed by atoms with Crippen LogP contribution in [0.3, 0.4) is 0 Å². The normalized spacial score (nSPS) is 24.3. The highest BCUT2D eigenvalue weighted by Crippen LogP contribution is 2.23. The van der Waals surface area contributed by atoms with Crippen molar-refractivity contribution in [3.05, 3.63) is 30.3 Å². The van der Waals surface area contributed by atoms with Crippen LogP contribution in [0, 0.1) is 0 Å². The van der Waals surface area contributed by atoms with Crippen molar-refractivity contribution in [2.45, 2.75) is 25.3 Å². The van der Waals surface area contributed by atoms with Crippen molar-refractivity contribution in [2.75, 3.05) is 57.3 Å². The van der Waals surface area contributed by atoms with E-state index in [4.69, 9.17) is 0 Å². The van der Waals surface area contributed by atoms with Gasteiger partial charge in [0.2, 0.25) is 11.8 Å². The number of anilines is 1. The minimum Gasteiger partial charge on any atom is -0.369 e. The van der Waals surface area contributed by atoms with Crippen LogP contribution >= 0.6 is 0 Å². The van der Waals surface area contributed by atoms with Gasteiger partial charge in [-0.2, -0.15) is 0 Å². The first-order valence-corrected chi connectivity index (χ1v) is 9.83. The molecule has 4 rings (SSSR count). The fraction of sp³-hybridized carbons (Fsp3) is 0.600. The maximum absolute atomic E-state index is 12.5. The van der Waals surface area contributed by atoms with Gasteiger partial charge in [0.05, 0.1) is 6.54 Å². The average Bonchev–Trinajstić information content (AvgIpc) is 3.18. The zero-order valence-electron chi connectivity index (χ0n) is 15.3. The van der Waals surface area contributed by atoms with E-state index in [-0.39, 0.29) is 24.4 Å². The van der Waals surface area contributed by atoms with Crippen molar-refractivity contribution in [1.29, 1.82) is 0 Å². The van der Waals surface area contributed by atoms with Gasteiger partial charge >= 0.3 is 0 Å². The van der Waals surface area contributed by atoms with Gasteiger partial charge in [-0.1, -0.05) is 18.2 Å². The predicted octanol–water partition coefficient (Wildman–Crippen LogP) is 1.03. The van der Waals surface area contributed by atoms with E-state index < -0.39 is 0 Å². The first-order chi connectivity index (χ1) is 12.7. The molecular formula is C20H28N4O2. The smallest absolute Gasteiger partial charge is 0.245 e. The highest BCUT2D eigenvalue weighted by atomic mass is 16.2. The Kier molecular flexibility index (Phi) is 5.11. The van der Waals surface area contributed by atoms with E-state index in [0.717, 1.165) is 58.5 Å². The number of rotatable bonds is 5. The zero-order chi connectivity index (χ0) is 17.9. The number of nitrogens with zero attached hydrogens (tertiary/aromatic N) is 4. The van der Waals surface area contributed by atoms with Gasteiger partial charge in [-0.25, -0.2) is 0 Å². The number of benzene rings is 1. The Morgan fingerprint density at radius 2 is 1.69 bits per heavy atom. The average molecular weight is 356 g/mol. The van der Waals surface area contributed by atoms with Crippen LogP contribution in [0.25, 0.3) is 0 Å². The predicted molar refractivity (Wildman–Crippen MR) is 101 cm³/mol. The van der Waals surface area contributed by atoms with Crippen LogP contribution in [0.15, 0.2) is 30.3 Å². The van der Waals surface area contributed by atoms with Gasteiger partial charge < -0.3 is 14.7 Å². The molecule has 1 atom stereocenters. The molecule has 0 spiro atoms. The third-order valence-corrected chi connectivity index (χ3v) is 5.89. The first-order valence-electron chi connectivity index (χ1n) is 9.83. The summed E-state index contributed by atoms with van der Waals surface area (Å²) in [6.45, 7) is 6.93. The Morgan fingerprint density at radius 1 is 0.923 bits per heavy atom. The topological polar surface area (TPSA) is 47.1 Å². The monoisotopic (exact) mass is 356 g/mol. The molecule has 6 heteroatoms. The summed E-state index contributed by atoms with van der Waals surface area (Å²) in [5.74, 6) is 0.291. The number of carbonyl (C=O) groups is 2. The number of hydrogen-bond donors (Lipinski definition) is 0. The van der Waals surface area contributed by atoms with E-state index in [2.05, 4.69) is 40.1 Å². The van der Waals surface area contributed by atoms with Gasteiger partial charge in [0, 0.05) is 45.0 Å². The number of piperazine rings is 2. The summed E-state index contributed by atoms with van der Waals surface area (Å²) in [7, 11) is 0. The Balaban J connectivity index is 1.21. The van der Waals surface area contributed by atoms with Crippen molar-refractivity contribution in [2.24, 2.45) is 0 Å². The molecule has 3 saturated heterocycles. The highest BCUT2D eigenvalue weighted by molar-refractivity contribution is 5.95. The molecular weight excluding hydrogens is 328 g/mol. The summed E-state index contributed by atoms with van der Waals surface area (Å²) >= 11 is 0. The van der Waals surface area contributed by atoms with E-state index in [1.54, 1.807) is 9.80 Å². The molecule has 0 radical (unpaired) electrons. The Bertz CT molecular complexity index is 642. The second-order valence-electron chi connectivity index (χ2n) is 7.52. The van der Waals surface area contributed by atoms with Crippen molar-refractivity contribution >= 4 is 17.5 Å². The molecule has 6 nitrogen and oxygen atoms in total. The summed E-state index contributed by atoms with van der Waals surface area (Å²) in [6.07, 6.45) is 2.74. The Morgan fingerprint density at radius 3 is 2.46 bits per heavy atom. The van der Waals surface area contributed by atoms with E-state index in [9.17, 15) is 9.59 Å². The van der Waals surface area contributed by atoms with Gasteiger partial charge in [-0.05, 0) is 37.9 Å². The first kappa shape index (κ1) is 17.3. The van der Waals surface area contributed by atoms with E-state index in [1.807, 2.05) is 0 Å². The van der Waals surface area contributed by atoms with Crippen LogP contribution in [-0.2, 0) is 9.59 Å².